The molecule has 0 radical (unpaired) electrons. The third kappa shape index (κ3) is 2.24. The van der Waals surface area contributed by atoms with E-state index in [-0.39, 0.29) is 0 Å². The lowest BCUT2D eigenvalue weighted by atomic mass is 10.2. The molecule has 0 aliphatic heterocycles. The maximum absolute atomic E-state index is 2.33. The summed E-state index contributed by atoms with van der Waals surface area (Å²) in [6.45, 7) is 8.41. The maximum Gasteiger partial charge on any atom is 0.0524 e. The van der Waals surface area contributed by atoms with Gasteiger partial charge in [-0.05, 0) is 36.2 Å². The van der Waals surface area contributed by atoms with Gasteiger partial charge in [0.25, 0.3) is 0 Å². The Hall–Kier alpha value is -0.860. The molecule has 0 nitrogen and oxygen atoms in total. The maximum atomic E-state index is 2.33. The average molecular weight is 262 g/mol. The summed E-state index contributed by atoms with van der Waals surface area (Å²) in [5.74, 6) is 0. The molecular weight excluding hydrogens is 244 g/mol. The first-order valence-electron chi connectivity index (χ1n) is 6.19. The monoisotopic (exact) mass is 262 g/mol. The molecule has 2 heteroatoms. The molecule has 2 aromatic heterocycles. The van der Waals surface area contributed by atoms with Crippen molar-refractivity contribution in [1.29, 1.82) is 0 Å². The molecule has 0 N–H and O–H groups in total. The van der Waals surface area contributed by atoms with E-state index in [9.17, 15) is 0 Å². The summed E-state index contributed by atoms with van der Waals surface area (Å²) in [5, 5.41) is 2.81. The van der Waals surface area contributed by atoms with Crippen LogP contribution in [0.5, 0.6) is 0 Å². The van der Waals surface area contributed by atoms with E-state index in [4.69, 9.17) is 0 Å². The second-order valence-corrected chi connectivity index (χ2v) is 6.22. The van der Waals surface area contributed by atoms with E-state index >= 15 is 0 Å². The Kier molecular flexibility index (Phi) is 3.85. The lowest BCUT2D eigenvalue weighted by molar-refractivity contribution is 1.19. The van der Waals surface area contributed by atoms with Crippen LogP contribution in [-0.2, 0) is 6.42 Å². The minimum Gasteiger partial charge on any atom is -0.139 e. The Morgan fingerprint density at radius 2 is 1.53 bits per heavy atom. The number of aryl methyl sites for hydroxylation is 2. The summed E-state index contributed by atoms with van der Waals surface area (Å²) in [5.41, 5.74) is 0. The van der Waals surface area contributed by atoms with Crippen molar-refractivity contribution in [1.82, 2.24) is 0 Å². The summed E-state index contributed by atoms with van der Waals surface area (Å²) in [4.78, 5) is 2.90. The summed E-state index contributed by atoms with van der Waals surface area (Å²) < 4.78 is 2.94. The molecule has 0 unspecified atom stereocenters. The molecule has 0 aliphatic carbocycles. The zero-order valence-electron chi connectivity index (χ0n) is 10.8. The van der Waals surface area contributed by atoms with E-state index < -0.39 is 0 Å². The SMILES string of the molecule is CC.CCc1cc2ccc3cc(C)sc3c2s1. The Bertz CT molecular complexity index is 629. The molecule has 17 heavy (non-hydrogen) atoms. The highest BCUT2D eigenvalue weighted by Crippen LogP contribution is 2.37. The number of thiophene rings is 2. The Labute approximate surface area is 111 Å². The van der Waals surface area contributed by atoms with Gasteiger partial charge in [-0.25, -0.2) is 0 Å². The van der Waals surface area contributed by atoms with Gasteiger partial charge in [0, 0.05) is 9.75 Å². The predicted octanol–water partition coefficient (Wildman–Crippen LogP) is 6.01. The van der Waals surface area contributed by atoms with Crippen molar-refractivity contribution in [2.75, 3.05) is 0 Å². The van der Waals surface area contributed by atoms with Gasteiger partial charge in [-0.3, -0.25) is 0 Å². The van der Waals surface area contributed by atoms with Crippen LogP contribution in [0.3, 0.4) is 0 Å². The zero-order valence-corrected chi connectivity index (χ0v) is 12.5. The van der Waals surface area contributed by atoms with Crippen molar-refractivity contribution < 1.29 is 0 Å². The van der Waals surface area contributed by atoms with Crippen LogP contribution < -0.4 is 0 Å². The van der Waals surface area contributed by atoms with Crippen LogP contribution in [0.15, 0.2) is 24.3 Å². The van der Waals surface area contributed by atoms with E-state index in [2.05, 4.69) is 38.1 Å². The minimum absolute atomic E-state index is 1.14. The van der Waals surface area contributed by atoms with Crippen LogP contribution in [-0.4, -0.2) is 0 Å². The van der Waals surface area contributed by atoms with E-state index in [1.54, 1.807) is 0 Å². The molecule has 0 saturated heterocycles. The van der Waals surface area contributed by atoms with Crippen molar-refractivity contribution in [2.45, 2.75) is 34.1 Å². The molecule has 3 rings (SSSR count). The van der Waals surface area contributed by atoms with Crippen molar-refractivity contribution in [3.8, 4) is 0 Å². The Morgan fingerprint density at radius 3 is 2.18 bits per heavy atom. The smallest absolute Gasteiger partial charge is 0.0524 e. The Morgan fingerprint density at radius 1 is 0.941 bits per heavy atom. The first kappa shape index (κ1) is 12.6. The van der Waals surface area contributed by atoms with Crippen LogP contribution in [0.2, 0.25) is 0 Å². The van der Waals surface area contributed by atoms with Crippen molar-refractivity contribution in [3.05, 3.63) is 34.0 Å². The fourth-order valence-corrected chi connectivity index (χ4v) is 4.21. The molecule has 1 aromatic carbocycles. The molecule has 3 aromatic rings. The van der Waals surface area contributed by atoms with Crippen molar-refractivity contribution >= 4 is 42.8 Å². The fourth-order valence-electron chi connectivity index (χ4n) is 1.95. The Balaban J connectivity index is 0.000000514. The molecular formula is C15H18S2. The van der Waals surface area contributed by atoms with Gasteiger partial charge in [0.2, 0.25) is 0 Å². The van der Waals surface area contributed by atoms with Gasteiger partial charge in [-0.2, -0.15) is 0 Å². The molecule has 0 amide bonds. The van der Waals surface area contributed by atoms with Crippen LogP contribution in [0.25, 0.3) is 20.2 Å². The highest BCUT2D eigenvalue weighted by Gasteiger charge is 2.06. The van der Waals surface area contributed by atoms with Gasteiger partial charge in [0.1, 0.15) is 0 Å². The second-order valence-electron chi connectivity index (χ2n) is 3.83. The third-order valence-corrected chi connectivity index (χ3v) is 5.22. The van der Waals surface area contributed by atoms with Crippen molar-refractivity contribution in [2.24, 2.45) is 0 Å². The van der Waals surface area contributed by atoms with Gasteiger partial charge < -0.3 is 0 Å². The van der Waals surface area contributed by atoms with Crippen LogP contribution in [0.4, 0.5) is 0 Å². The van der Waals surface area contributed by atoms with E-state index in [1.165, 1.54) is 29.9 Å². The fraction of sp³-hybridized carbons (Fsp3) is 0.333. The number of fused-ring (bicyclic) bond motifs is 3. The topological polar surface area (TPSA) is 0 Å². The van der Waals surface area contributed by atoms with Gasteiger partial charge in [0.05, 0.1) is 9.40 Å². The summed E-state index contributed by atoms with van der Waals surface area (Å²) >= 11 is 3.87. The zero-order chi connectivity index (χ0) is 12.4. The molecule has 0 spiro atoms. The first-order chi connectivity index (χ1) is 8.28. The van der Waals surface area contributed by atoms with E-state index in [1.807, 2.05) is 36.5 Å². The molecule has 0 fully saturated rings. The minimum atomic E-state index is 1.14. The van der Waals surface area contributed by atoms with E-state index in [0.717, 1.165) is 6.42 Å². The van der Waals surface area contributed by atoms with Crippen LogP contribution >= 0.6 is 22.7 Å². The molecule has 0 aliphatic rings. The predicted molar refractivity (Wildman–Crippen MR) is 82.7 cm³/mol. The number of hydrogen-bond donors (Lipinski definition) is 0. The summed E-state index contributed by atoms with van der Waals surface area (Å²) in [6, 6.07) is 9.10. The highest BCUT2D eigenvalue weighted by molar-refractivity contribution is 7.27. The molecule has 2 heterocycles. The summed E-state index contributed by atoms with van der Waals surface area (Å²) in [6.07, 6.45) is 1.14. The average Bonchev–Trinajstić information content (AvgIpc) is 2.92. The van der Waals surface area contributed by atoms with Gasteiger partial charge in [-0.1, -0.05) is 32.9 Å². The molecule has 90 valence electrons. The summed E-state index contributed by atoms with van der Waals surface area (Å²) in [7, 11) is 0. The van der Waals surface area contributed by atoms with Crippen LogP contribution in [0, 0.1) is 6.92 Å². The van der Waals surface area contributed by atoms with Gasteiger partial charge >= 0.3 is 0 Å². The number of benzene rings is 1. The molecule has 0 bridgehead atoms. The molecule has 0 atom stereocenters. The lowest BCUT2D eigenvalue weighted by Gasteiger charge is -1.90. The van der Waals surface area contributed by atoms with Gasteiger partial charge in [-0.15, -0.1) is 22.7 Å². The normalized spacial score (nSPS) is 10.6. The first-order valence-corrected chi connectivity index (χ1v) is 7.83. The quantitative estimate of drug-likeness (QED) is 0.503. The second kappa shape index (κ2) is 5.19. The van der Waals surface area contributed by atoms with E-state index in [0.29, 0.717) is 0 Å². The highest BCUT2D eigenvalue weighted by atomic mass is 32.1. The standard InChI is InChI=1S/C13H12S2.C2H6/c1-3-11-7-10-5-4-9-6-8(2)14-12(9)13(10)15-11;1-2/h4-7H,3H2,1-2H3;1-2H3. The third-order valence-electron chi connectivity index (χ3n) is 2.69. The molecule has 0 saturated carbocycles. The number of rotatable bonds is 1. The van der Waals surface area contributed by atoms with Crippen molar-refractivity contribution in [3.63, 3.8) is 0 Å². The lowest BCUT2D eigenvalue weighted by Crippen LogP contribution is -1.64. The number of hydrogen-bond acceptors (Lipinski definition) is 2. The largest absolute Gasteiger partial charge is 0.139 e. The van der Waals surface area contributed by atoms with Crippen LogP contribution in [0.1, 0.15) is 30.5 Å². The van der Waals surface area contributed by atoms with Gasteiger partial charge in [0.15, 0.2) is 0 Å².